The molecule has 2 atom stereocenters. The van der Waals surface area contributed by atoms with Crippen LogP contribution in [0.5, 0.6) is 5.75 Å². The van der Waals surface area contributed by atoms with Crippen molar-refractivity contribution in [2.45, 2.75) is 51.1 Å². The van der Waals surface area contributed by atoms with Crippen molar-refractivity contribution in [2.24, 2.45) is 5.92 Å². The molecule has 4 rings (SSSR count). The molecule has 3 aromatic rings. The molecule has 2 N–H and O–H groups in total. The zero-order valence-corrected chi connectivity index (χ0v) is 16.1. The summed E-state index contributed by atoms with van der Waals surface area (Å²) in [6.45, 7) is 2.23. The van der Waals surface area contributed by atoms with Crippen LogP contribution in [-0.2, 0) is 0 Å². The molecule has 1 saturated carbocycles. The largest absolute Gasteiger partial charge is 0.508 e. The van der Waals surface area contributed by atoms with Gasteiger partial charge in [-0.2, -0.15) is 0 Å². The maximum absolute atomic E-state index is 10.9. The lowest BCUT2D eigenvalue weighted by Gasteiger charge is -2.34. The molecule has 1 aliphatic rings. The summed E-state index contributed by atoms with van der Waals surface area (Å²) in [4.78, 5) is 0. The lowest BCUT2D eigenvalue weighted by molar-refractivity contribution is 0.254. The third-order valence-corrected chi connectivity index (χ3v) is 6.11. The van der Waals surface area contributed by atoms with Crippen molar-refractivity contribution < 1.29 is 5.11 Å². The Balaban J connectivity index is 1.75. The smallest absolute Gasteiger partial charge is 0.121 e. The van der Waals surface area contributed by atoms with Crippen LogP contribution in [0.1, 0.15) is 62.2 Å². The summed E-state index contributed by atoms with van der Waals surface area (Å²) in [5.41, 5.74) is 2.36. The summed E-state index contributed by atoms with van der Waals surface area (Å²) in [6, 6.07) is 23.3. The van der Waals surface area contributed by atoms with Gasteiger partial charge in [0.2, 0.25) is 0 Å². The number of aromatic hydroxyl groups is 1. The minimum atomic E-state index is 0.159. The Labute approximate surface area is 162 Å². The average molecular weight is 360 g/mol. The van der Waals surface area contributed by atoms with Crippen molar-refractivity contribution >= 4 is 10.8 Å². The molecule has 0 aliphatic heterocycles. The van der Waals surface area contributed by atoms with Crippen LogP contribution in [0.15, 0.2) is 66.7 Å². The van der Waals surface area contributed by atoms with Gasteiger partial charge < -0.3 is 10.4 Å². The fourth-order valence-corrected chi connectivity index (χ4v) is 4.64. The summed E-state index contributed by atoms with van der Waals surface area (Å²) in [6.07, 6.45) is 6.35. The third kappa shape index (κ3) is 3.86. The van der Waals surface area contributed by atoms with Crippen LogP contribution in [0.4, 0.5) is 0 Å². The second-order valence-electron chi connectivity index (χ2n) is 7.89. The van der Waals surface area contributed by atoms with E-state index in [1.807, 2.05) is 12.1 Å². The number of fused-ring (bicyclic) bond motifs is 1. The van der Waals surface area contributed by atoms with Crippen molar-refractivity contribution in [2.75, 3.05) is 0 Å². The van der Waals surface area contributed by atoms with Gasteiger partial charge in [-0.05, 0) is 48.1 Å². The second-order valence-corrected chi connectivity index (χ2v) is 7.89. The SMILES string of the molecule is C[C@@H](N[C@@H](c1c(O)ccc2ccccc12)C1CCCCC1)c1ccccc1. The van der Waals surface area contributed by atoms with Crippen molar-refractivity contribution in [3.8, 4) is 5.75 Å². The molecule has 0 saturated heterocycles. The second kappa shape index (κ2) is 8.14. The monoisotopic (exact) mass is 359 g/mol. The predicted molar refractivity (Wildman–Crippen MR) is 113 cm³/mol. The molecule has 1 fully saturated rings. The van der Waals surface area contributed by atoms with Gasteiger partial charge in [0.25, 0.3) is 0 Å². The van der Waals surface area contributed by atoms with Gasteiger partial charge in [0.1, 0.15) is 5.75 Å². The Morgan fingerprint density at radius 3 is 2.33 bits per heavy atom. The first-order valence-electron chi connectivity index (χ1n) is 10.3. The highest BCUT2D eigenvalue weighted by Gasteiger charge is 2.29. The summed E-state index contributed by atoms with van der Waals surface area (Å²) in [5, 5.41) is 17.1. The minimum absolute atomic E-state index is 0.159. The van der Waals surface area contributed by atoms with Crippen LogP contribution in [0.25, 0.3) is 10.8 Å². The predicted octanol–water partition coefficient (Wildman–Crippen LogP) is 6.52. The van der Waals surface area contributed by atoms with E-state index in [4.69, 9.17) is 0 Å². The van der Waals surface area contributed by atoms with Crippen LogP contribution < -0.4 is 5.32 Å². The highest BCUT2D eigenvalue weighted by atomic mass is 16.3. The number of hydrogen-bond donors (Lipinski definition) is 2. The molecule has 27 heavy (non-hydrogen) atoms. The lowest BCUT2D eigenvalue weighted by Crippen LogP contribution is -2.32. The van der Waals surface area contributed by atoms with Crippen LogP contribution in [0.2, 0.25) is 0 Å². The molecule has 0 spiro atoms. The van der Waals surface area contributed by atoms with E-state index < -0.39 is 0 Å². The quantitative estimate of drug-likeness (QED) is 0.543. The first kappa shape index (κ1) is 18.1. The van der Waals surface area contributed by atoms with E-state index >= 15 is 0 Å². The fraction of sp³-hybridized carbons (Fsp3) is 0.360. The van der Waals surface area contributed by atoms with Crippen LogP contribution >= 0.6 is 0 Å². The van der Waals surface area contributed by atoms with Gasteiger partial charge >= 0.3 is 0 Å². The fourth-order valence-electron chi connectivity index (χ4n) is 4.64. The van der Waals surface area contributed by atoms with E-state index in [1.54, 1.807) is 0 Å². The number of rotatable bonds is 5. The normalized spacial score (nSPS) is 17.7. The molecule has 140 valence electrons. The van der Waals surface area contributed by atoms with E-state index in [0.29, 0.717) is 11.7 Å². The summed E-state index contributed by atoms with van der Waals surface area (Å²) >= 11 is 0. The van der Waals surface area contributed by atoms with Crippen molar-refractivity contribution in [3.63, 3.8) is 0 Å². The maximum atomic E-state index is 10.9. The summed E-state index contributed by atoms with van der Waals surface area (Å²) in [5.74, 6) is 0.971. The first-order valence-corrected chi connectivity index (χ1v) is 10.3. The molecule has 0 radical (unpaired) electrons. The molecule has 0 unspecified atom stereocenters. The van der Waals surface area contributed by atoms with Crippen molar-refractivity contribution in [3.05, 3.63) is 77.9 Å². The standard InChI is InChI=1S/C25H29NO/c1-18(19-10-4-2-5-11-19)26-25(21-13-6-3-7-14-21)24-22-15-9-8-12-20(22)16-17-23(24)27/h2,4-5,8-12,15-18,21,25-27H,3,6-7,13-14H2,1H3/t18-,25-/m1/s1. The topological polar surface area (TPSA) is 32.3 Å². The summed E-state index contributed by atoms with van der Waals surface area (Å²) < 4.78 is 0. The Morgan fingerprint density at radius 2 is 1.56 bits per heavy atom. The number of phenols is 1. The number of nitrogens with one attached hydrogen (secondary N) is 1. The Hall–Kier alpha value is -2.32. The van der Waals surface area contributed by atoms with Crippen molar-refractivity contribution in [1.29, 1.82) is 0 Å². The van der Waals surface area contributed by atoms with Crippen LogP contribution in [-0.4, -0.2) is 5.11 Å². The van der Waals surface area contributed by atoms with Gasteiger partial charge in [-0.1, -0.05) is 79.9 Å². The third-order valence-electron chi connectivity index (χ3n) is 6.11. The molecular formula is C25H29NO. The van der Waals surface area contributed by atoms with Gasteiger partial charge in [-0.3, -0.25) is 0 Å². The zero-order valence-electron chi connectivity index (χ0n) is 16.1. The Bertz CT molecular complexity index is 883. The molecule has 3 aromatic carbocycles. The Morgan fingerprint density at radius 1 is 0.852 bits per heavy atom. The van der Waals surface area contributed by atoms with Gasteiger partial charge in [0.05, 0.1) is 0 Å². The highest BCUT2D eigenvalue weighted by molar-refractivity contribution is 5.88. The minimum Gasteiger partial charge on any atom is -0.508 e. The van der Waals surface area contributed by atoms with Gasteiger partial charge in [-0.15, -0.1) is 0 Å². The van der Waals surface area contributed by atoms with E-state index in [-0.39, 0.29) is 12.1 Å². The average Bonchev–Trinajstić information content (AvgIpc) is 2.73. The molecule has 0 amide bonds. The van der Waals surface area contributed by atoms with E-state index in [9.17, 15) is 5.11 Å². The van der Waals surface area contributed by atoms with E-state index in [2.05, 4.69) is 66.8 Å². The van der Waals surface area contributed by atoms with Gasteiger partial charge in [-0.25, -0.2) is 0 Å². The zero-order chi connectivity index (χ0) is 18.6. The van der Waals surface area contributed by atoms with E-state index in [1.165, 1.54) is 48.4 Å². The lowest BCUT2D eigenvalue weighted by atomic mass is 9.79. The van der Waals surface area contributed by atoms with Crippen LogP contribution in [0.3, 0.4) is 0 Å². The highest BCUT2D eigenvalue weighted by Crippen LogP contribution is 2.42. The molecule has 2 heteroatoms. The first-order chi connectivity index (χ1) is 13.2. The molecule has 0 bridgehead atoms. The number of hydrogen-bond acceptors (Lipinski definition) is 2. The molecule has 0 heterocycles. The summed E-state index contributed by atoms with van der Waals surface area (Å²) in [7, 11) is 0. The number of phenolic OH excluding ortho intramolecular Hbond substituents is 1. The van der Waals surface area contributed by atoms with E-state index in [0.717, 1.165) is 5.56 Å². The van der Waals surface area contributed by atoms with Gasteiger partial charge in [0.15, 0.2) is 0 Å². The molecule has 1 aliphatic carbocycles. The van der Waals surface area contributed by atoms with Crippen LogP contribution in [0, 0.1) is 5.92 Å². The molecular weight excluding hydrogens is 330 g/mol. The maximum Gasteiger partial charge on any atom is 0.121 e. The molecule has 0 aromatic heterocycles. The van der Waals surface area contributed by atoms with Crippen molar-refractivity contribution in [1.82, 2.24) is 5.32 Å². The Kier molecular flexibility index (Phi) is 5.45. The van der Waals surface area contributed by atoms with Gasteiger partial charge in [0, 0.05) is 17.6 Å². The number of benzene rings is 3. The molecule has 2 nitrogen and oxygen atoms in total.